The van der Waals surface area contributed by atoms with E-state index in [-0.39, 0.29) is 6.04 Å². The van der Waals surface area contributed by atoms with Gasteiger partial charge in [-0.2, -0.15) is 0 Å². The predicted molar refractivity (Wildman–Crippen MR) is 74.5 cm³/mol. The monoisotopic (exact) mass is 255 g/mol. The van der Waals surface area contributed by atoms with Crippen LogP contribution < -0.4 is 11.1 Å². The number of nitrogens with one attached hydrogen (secondary N) is 1. The predicted octanol–water partition coefficient (Wildman–Crippen LogP) is 2.03. The van der Waals surface area contributed by atoms with Crippen molar-refractivity contribution in [3.8, 4) is 0 Å². The molecule has 0 aliphatic heterocycles. The fourth-order valence-corrected chi connectivity index (χ4v) is 1.88. The number of nitrogens with two attached hydrogens (primary N) is 1. The molecule has 1 amide bonds. The van der Waals surface area contributed by atoms with Gasteiger partial charge in [0.2, 0.25) is 5.91 Å². The number of rotatable bonds is 5. The lowest BCUT2D eigenvalue weighted by atomic mass is 10.1. The molecule has 0 aliphatic rings. The van der Waals surface area contributed by atoms with Gasteiger partial charge in [0, 0.05) is 30.5 Å². The van der Waals surface area contributed by atoms with Crippen molar-refractivity contribution in [3.05, 3.63) is 65.5 Å². The van der Waals surface area contributed by atoms with E-state index >= 15 is 0 Å². The number of pyridine rings is 1. The van der Waals surface area contributed by atoms with Crippen LogP contribution in [0.4, 0.5) is 0 Å². The summed E-state index contributed by atoms with van der Waals surface area (Å²) in [5.41, 5.74) is 8.02. The molecule has 1 aromatic heterocycles. The van der Waals surface area contributed by atoms with Gasteiger partial charge >= 0.3 is 0 Å². The quantitative estimate of drug-likeness (QED) is 0.859. The molecule has 0 spiro atoms. The Bertz CT molecular complexity index is 554. The van der Waals surface area contributed by atoms with Gasteiger partial charge in [0.15, 0.2) is 0 Å². The molecule has 2 aromatic rings. The second kappa shape index (κ2) is 6.11. The highest BCUT2D eigenvalue weighted by molar-refractivity contribution is 5.92. The minimum atomic E-state index is -0.399. The first-order valence-electron chi connectivity index (χ1n) is 6.19. The zero-order valence-electron chi connectivity index (χ0n) is 10.8. The minimum absolute atomic E-state index is 0.222. The van der Waals surface area contributed by atoms with Gasteiger partial charge in [0.25, 0.3) is 0 Å². The number of primary amides is 1. The number of carbonyl (C=O) groups excluding carboxylic acids is 1. The molecule has 0 saturated heterocycles. The van der Waals surface area contributed by atoms with E-state index in [0.717, 1.165) is 5.56 Å². The van der Waals surface area contributed by atoms with Crippen LogP contribution in [0.1, 0.15) is 34.5 Å². The number of benzene rings is 1. The SMILES string of the molecule is C[C@@H](NCc1cccc(C(N)=O)c1)c1ccncc1. The lowest BCUT2D eigenvalue weighted by Crippen LogP contribution is -2.18. The van der Waals surface area contributed by atoms with Gasteiger partial charge in [-0.3, -0.25) is 9.78 Å². The van der Waals surface area contributed by atoms with Gasteiger partial charge in [0.05, 0.1) is 0 Å². The average molecular weight is 255 g/mol. The standard InChI is InChI=1S/C15H17N3O/c1-11(13-5-7-17-8-6-13)18-10-12-3-2-4-14(9-12)15(16)19/h2-9,11,18H,10H2,1H3,(H2,16,19)/t11-/m1/s1. The molecule has 0 bridgehead atoms. The van der Waals surface area contributed by atoms with Gasteiger partial charge in [-0.1, -0.05) is 12.1 Å². The summed E-state index contributed by atoms with van der Waals surface area (Å²) in [5, 5.41) is 3.40. The van der Waals surface area contributed by atoms with Crippen molar-refractivity contribution in [2.45, 2.75) is 19.5 Å². The fraction of sp³-hybridized carbons (Fsp3) is 0.200. The number of carbonyl (C=O) groups is 1. The molecule has 0 unspecified atom stereocenters. The van der Waals surface area contributed by atoms with Crippen molar-refractivity contribution >= 4 is 5.91 Å². The van der Waals surface area contributed by atoms with Crippen LogP contribution in [-0.2, 0) is 6.54 Å². The van der Waals surface area contributed by atoms with Crippen molar-refractivity contribution in [1.29, 1.82) is 0 Å². The molecule has 4 nitrogen and oxygen atoms in total. The van der Waals surface area contributed by atoms with Crippen LogP contribution in [-0.4, -0.2) is 10.9 Å². The summed E-state index contributed by atoms with van der Waals surface area (Å²) in [4.78, 5) is 15.1. The highest BCUT2D eigenvalue weighted by atomic mass is 16.1. The molecule has 2 rings (SSSR count). The molecule has 0 radical (unpaired) electrons. The molecule has 19 heavy (non-hydrogen) atoms. The molecule has 98 valence electrons. The van der Waals surface area contributed by atoms with E-state index in [4.69, 9.17) is 5.73 Å². The molecular weight excluding hydrogens is 238 g/mol. The van der Waals surface area contributed by atoms with Gasteiger partial charge in [-0.15, -0.1) is 0 Å². The summed E-state index contributed by atoms with van der Waals surface area (Å²) < 4.78 is 0. The number of nitrogens with zero attached hydrogens (tertiary/aromatic N) is 1. The van der Waals surface area contributed by atoms with Crippen LogP contribution >= 0.6 is 0 Å². The maximum absolute atomic E-state index is 11.1. The van der Waals surface area contributed by atoms with Crippen molar-refractivity contribution in [1.82, 2.24) is 10.3 Å². The number of aromatic nitrogens is 1. The Balaban J connectivity index is 1.99. The van der Waals surface area contributed by atoms with Gasteiger partial charge in [-0.05, 0) is 42.3 Å². The lowest BCUT2D eigenvalue weighted by molar-refractivity contribution is 0.1000. The van der Waals surface area contributed by atoms with E-state index < -0.39 is 5.91 Å². The largest absolute Gasteiger partial charge is 0.366 e. The smallest absolute Gasteiger partial charge is 0.248 e. The van der Waals surface area contributed by atoms with Crippen LogP contribution in [0.25, 0.3) is 0 Å². The van der Waals surface area contributed by atoms with Crippen LogP contribution in [0.15, 0.2) is 48.8 Å². The fourth-order valence-electron chi connectivity index (χ4n) is 1.88. The second-order valence-corrected chi connectivity index (χ2v) is 4.45. The third-order valence-electron chi connectivity index (χ3n) is 3.03. The normalized spacial score (nSPS) is 12.1. The van der Waals surface area contributed by atoms with Crippen molar-refractivity contribution in [2.75, 3.05) is 0 Å². The Hall–Kier alpha value is -2.20. The summed E-state index contributed by atoms with van der Waals surface area (Å²) in [6.07, 6.45) is 3.56. The highest BCUT2D eigenvalue weighted by Gasteiger charge is 2.05. The van der Waals surface area contributed by atoms with E-state index in [1.54, 1.807) is 18.5 Å². The van der Waals surface area contributed by atoms with Crippen LogP contribution in [0.3, 0.4) is 0 Å². The molecule has 0 fully saturated rings. The third-order valence-corrected chi connectivity index (χ3v) is 3.03. The maximum atomic E-state index is 11.1. The number of hydrogen-bond donors (Lipinski definition) is 2. The summed E-state index contributed by atoms with van der Waals surface area (Å²) >= 11 is 0. The maximum Gasteiger partial charge on any atom is 0.248 e. The summed E-state index contributed by atoms with van der Waals surface area (Å²) in [5.74, 6) is -0.399. The zero-order chi connectivity index (χ0) is 13.7. The topological polar surface area (TPSA) is 68.0 Å². The van der Waals surface area contributed by atoms with E-state index in [1.807, 2.05) is 30.3 Å². The number of hydrogen-bond acceptors (Lipinski definition) is 3. The van der Waals surface area contributed by atoms with Crippen molar-refractivity contribution in [2.24, 2.45) is 5.73 Å². The van der Waals surface area contributed by atoms with Crippen molar-refractivity contribution in [3.63, 3.8) is 0 Å². The first kappa shape index (κ1) is 13.2. The van der Waals surface area contributed by atoms with Crippen LogP contribution in [0.2, 0.25) is 0 Å². The van der Waals surface area contributed by atoms with Crippen LogP contribution in [0, 0.1) is 0 Å². The van der Waals surface area contributed by atoms with Crippen LogP contribution in [0.5, 0.6) is 0 Å². The first-order chi connectivity index (χ1) is 9.16. The third kappa shape index (κ3) is 3.63. The molecule has 1 aromatic carbocycles. The van der Waals surface area contributed by atoms with Gasteiger partial charge in [-0.25, -0.2) is 0 Å². The van der Waals surface area contributed by atoms with Gasteiger partial charge < -0.3 is 11.1 Å². The number of amides is 1. The molecule has 0 saturated carbocycles. The Morgan fingerprint density at radius 3 is 2.74 bits per heavy atom. The van der Waals surface area contributed by atoms with E-state index in [0.29, 0.717) is 12.1 Å². The minimum Gasteiger partial charge on any atom is -0.366 e. The molecule has 1 atom stereocenters. The zero-order valence-corrected chi connectivity index (χ0v) is 10.8. The summed E-state index contributed by atoms with van der Waals surface area (Å²) in [6.45, 7) is 2.78. The first-order valence-corrected chi connectivity index (χ1v) is 6.19. The molecule has 1 heterocycles. The Morgan fingerprint density at radius 1 is 1.32 bits per heavy atom. The Morgan fingerprint density at radius 2 is 2.05 bits per heavy atom. The molecule has 4 heteroatoms. The summed E-state index contributed by atoms with van der Waals surface area (Å²) in [7, 11) is 0. The molecule has 3 N–H and O–H groups in total. The van der Waals surface area contributed by atoms with E-state index in [1.165, 1.54) is 5.56 Å². The highest BCUT2D eigenvalue weighted by Crippen LogP contribution is 2.12. The Kier molecular flexibility index (Phi) is 4.26. The van der Waals surface area contributed by atoms with E-state index in [2.05, 4.69) is 17.2 Å². The molecule has 0 aliphatic carbocycles. The van der Waals surface area contributed by atoms with Crippen molar-refractivity contribution < 1.29 is 4.79 Å². The molecular formula is C15H17N3O. The lowest BCUT2D eigenvalue weighted by Gasteiger charge is -2.14. The summed E-state index contributed by atoms with van der Waals surface area (Å²) in [6, 6.07) is 11.5. The Labute approximate surface area is 112 Å². The van der Waals surface area contributed by atoms with E-state index in [9.17, 15) is 4.79 Å². The second-order valence-electron chi connectivity index (χ2n) is 4.45. The average Bonchev–Trinajstić information content (AvgIpc) is 2.46. The van der Waals surface area contributed by atoms with Gasteiger partial charge in [0.1, 0.15) is 0 Å².